The number of hydrogen-bond acceptors (Lipinski definition) is 2. The molecule has 2 aliphatic rings. The normalized spacial score (nSPS) is 27.6. The van der Waals surface area contributed by atoms with Gasteiger partial charge in [-0.25, -0.2) is 10.4 Å². The SMILES string of the molecule is C1=C(c2ccccc2)CC1NN1CC1c1ccccc1. The smallest absolute Gasteiger partial charge is 0.0635 e. The van der Waals surface area contributed by atoms with Crippen LogP contribution in [-0.4, -0.2) is 17.6 Å². The number of nitrogens with zero attached hydrogens (tertiary/aromatic N) is 1. The van der Waals surface area contributed by atoms with Crippen LogP contribution in [0.25, 0.3) is 5.57 Å². The Kier molecular flexibility index (Phi) is 2.91. The van der Waals surface area contributed by atoms with Crippen LogP contribution in [0.2, 0.25) is 0 Å². The molecule has 1 heterocycles. The third kappa shape index (κ3) is 2.28. The first-order chi connectivity index (χ1) is 9.90. The number of hydrogen-bond donors (Lipinski definition) is 1. The van der Waals surface area contributed by atoms with E-state index in [9.17, 15) is 0 Å². The Labute approximate surface area is 119 Å². The molecule has 20 heavy (non-hydrogen) atoms. The topological polar surface area (TPSA) is 15.0 Å². The predicted octanol–water partition coefficient (Wildman–Crippen LogP) is 3.40. The molecule has 0 radical (unpaired) electrons. The Morgan fingerprint density at radius 2 is 1.55 bits per heavy atom. The monoisotopic (exact) mass is 262 g/mol. The molecule has 2 heteroatoms. The molecule has 2 aromatic carbocycles. The minimum atomic E-state index is 0.499. The Balaban J connectivity index is 1.34. The predicted molar refractivity (Wildman–Crippen MR) is 81.8 cm³/mol. The van der Waals surface area contributed by atoms with E-state index in [2.05, 4.69) is 77.2 Å². The molecule has 2 aromatic rings. The summed E-state index contributed by atoms with van der Waals surface area (Å²) in [5, 5.41) is 2.33. The van der Waals surface area contributed by atoms with E-state index >= 15 is 0 Å². The summed E-state index contributed by atoms with van der Waals surface area (Å²) in [6.45, 7) is 1.12. The van der Waals surface area contributed by atoms with Crippen LogP contribution < -0.4 is 5.43 Å². The maximum Gasteiger partial charge on any atom is 0.0635 e. The van der Waals surface area contributed by atoms with Crippen molar-refractivity contribution in [2.45, 2.75) is 18.5 Å². The van der Waals surface area contributed by atoms with E-state index < -0.39 is 0 Å². The van der Waals surface area contributed by atoms with Crippen LogP contribution in [0.1, 0.15) is 23.6 Å². The van der Waals surface area contributed by atoms with Crippen LogP contribution in [0.4, 0.5) is 0 Å². The van der Waals surface area contributed by atoms with Gasteiger partial charge in [-0.3, -0.25) is 0 Å². The van der Waals surface area contributed by atoms with Crippen molar-refractivity contribution in [2.75, 3.05) is 6.54 Å². The minimum Gasteiger partial charge on any atom is -0.247 e. The summed E-state index contributed by atoms with van der Waals surface area (Å²) < 4.78 is 0. The Hall–Kier alpha value is -1.90. The summed E-state index contributed by atoms with van der Waals surface area (Å²) in [4.78, 5) is 0. The van der Waals surface area contributed by atoms with Gasteiger partial charge in [0.05, 0.1) is 6.04 Å². The molecule has 1 N–H and O–H groups in total. The Bertz CT molecular complexity index is 618. The van der Waals surface area contributed by atoms with E-state index in [-0.39, 0.29) is 0 Å². The van der Waals surface area contributed by atoms with Crippen LogP contribution in [0.5, 0.6) is 0 Å². The van der Waals surface area contributed by atoms with Gasteiger partial charge in [0.1, 0.15) is 0 Å². The van der Waals surface area contributed by atoms with Crippen molar-refractivity contribution < 1.29 is 0 Å². The molecule has 1 aliphatic carbocycles. The van der Waals surface area contributed by atoms with Gasteiger partial charge in [0.25, 0.3) is 0 Å². The average molecular weight is 262 g/mol. The van der Waals surface area contributed by atoms with E-state index in [1.807, 2.05) is 0 Å². The maximum atomic E-state index is 3.60. The van der Waals surface area contributed by atoms with Crippen molar-refractivity contribution in [1.29, 1.82) is 0 Å². The summed E-state index contributed by atoms with van der Waals surface area (Å²) in [6, 6.07) is 22.4. The van der Waals surface area contributed by atoms with Gasteiger partial charge in [-0.1, -0.05) is 66.7 Å². The number of hydrazine groups is 1. The zero-order valence-electron chi connectivity index (χ0n) is 11.4. The molecule has 1 aliphatic heterocycles. The van der Waals surface area contributed by atoms with Gasteiger partial charge >= 0.3 is 0 Å². The van der Waals surface area contributed by atoms with Crippen LogP contribution >= 0.6 is 0 Å². The van der Waals surface area contributed by atoms with Crippen LogP contribution in [0, 0.1) is 0 Å². The lowest BCUT2D eigenvalue weighted by Crippen LogP contribution is -2.37. The van der Waals surface area contributed by atoms with Crippen molar-refractivity contribution in [3.8, 4) is 0 Å². The lowest BCUT2D eigenvalue weighted by molar-refractivity contribution is 0.332. The standard InChI is InChI=1S/C18H18N2/c1-3-7-14(8-4-1)16-11-17(12-16)19-20-13-18(20)15-9-5-2-6-10-15/h1-11,17-19H,12-13H2. The average Bonchev–Trinajstić information content (AvgIpc) is 3.24. The first kappa shape index (κ1) is 11.9. The highest BCUT2D eigenvalue weighted by Gasteiger charge is 2.37. The molecule has 0 amide bonds. The molecule has 0 spiro atoms. The Morgan fingerprint density at radius 1 is 0.900 bits per heavy atom. The van der Waals surface area contributed by atoms with Gasteiger partial charge in [-0.15, -0.1) is 0 Å². The van der Waals surface area contributed by atoms with Gasteiger partial charge < -0.3 is 0 Å². The van der Waals surface area contributed by atoms with Crippen molar-refractivity contribution in [3.63, 3.8) is 0 Å². The highest BCUT2D eigenvalue weighted by molar-refractivity contribution is 5.71. The number of rotatable bonds is 4. The van der Waals surface area contributed by atoms with Crippen LogP contribution in [-0.2, 0) is 0 Å². The van der Waals surface area contributed by atoms with Gasteiger partial charge in [0, 0.05) is 12.6 Å². The number of benzene rings is 2. The third-order valence-corrected chi connectivity index (χ3v) is 4.12. The summed E-state index contributed by atoms with van der Waals surface area (Å²) in [5.41, 5.74) is 7.82. The second-order valence-corrected chi connectivity index (χ2v) is 5.58. The highest BCUT2D eigenvalue weighted by atomic mass is 15.6. The summed E-state index contributed by atoms with van der Waals surface area (Å²) in [6.07, 6.45) is 3.47. The molecule has 0 aromatic heterocycles. The Morgan fingerprint density at radius 3 is 2.25 bits per heavy atom. The van der Waals surface area contributed by atoms with E-state index in [1.54, 1.807) is 0 Å². The molecular formula is C18H18N2. The van der Waals surface area contributed by atoms with Gasteiger partial charge in [-0.2, -0.15) is 0 Å². The first-order valence-corrected chi connectivity index (χ1v) is 7.24. The fraction of sp³-hybridized carbons (Fsp3) is 0.222. The fourth-order valence-corrected chi connectivity index (χ4v) is 2.85. The quantitative estimate of drug-likeness (QED) is 0.849. The van der Waals surface area contributed by atoms with Crippen molar-refractivity contribution in [1.82, 2.24) is 10.4 Å². The van der Waals surface area contributed by atoms with Crippen molar-refractivity contribution in [3.05, 3.63) is 77.9 Å². The van der Waals surface area contributed by atoms with E-state index in [1.165, 1.54) is 16.7 Å². The largest absolute Gasteiger partial charge is 0.247 e. The first-order valence-electron chi connectivity index (χ1n) is 7.24. The summed E-state index contributed by atoms with van der Waals surface area (Å²) in [7, 11) is 0. The van der Waals surface area contributed by atoms with Gasteiger partial charge in [0.2, 0.25) is 0 Å². The van der Waals surface area contributed by atoms with E-state index in [0.717, 1.165) is 13.0 Å². The van der Waals surface area contributed by atoms with Crippen molar-refractivity contribution >= 4 is 5.57 Å². The molecule has 3 atom stereocenters. The van der Waals surface area contributed by atoms with Crippen molar-refractivity contribution in [2.24, 2.45) is 0 Å². The zero-order chi connectivity index (χ0) is 13.4. The molecule has 100 valence electrons. The maximum absolute atomic E-state index is 3.60. The second-order valence-electron chi connectivity index (χ2n) is 5.58. The van der Waals surface area contributed by atoms with Crippen LogP contribution in [0.3, 0.4) is 0 Å². The van der Waals surface area contributed by atoms with E-state index in [0.29, 0.717) is 12.1 Å². The second kappa shape index (κ2) is 4.89. The summed E-state index contributed by atoms with van der Waals surface area (Å²) in [5.74, 6) is 0. The minimum absolute atomic E-state index is 0.499. The molecule has 3 unspecified atom stereocenters. The van der Waals surface area contributed by atoms with Crippen LogP contribution in [0.15, 0.2) is 66.7 Å². The van der Waals surface area contributed by atoms with E-state index in [4.69, 9.17) is 0 Å². The zero-order valence-corrected chi connectivity index (χ0v) is 11.4. The number of nitrogens with one attached hydrogen (secondary N) is 1. The highest BCUT2D eigenvalue weighted by Crippen LogP contribution is 2.35. The molecule has 4 rings (SSSR count). The molecule has 1 saturated heterocycles. The lowest BCUT2D eigenvalue weighted by atomic mass is 9.88. The van der Waals surface area contributed by atoms with Gasteiger partial charge in [-0.05, 0) is 23.1 Å². The lowest BCUT2D eigenvalue weighted by Gasteiger charge is -2.27. The third-order valence-electron chi connectivity index (χ3n) is 4.12. The molecule has 0 bridgehead atoms. The molecule has 0 saturated carbocycles. The molecular weight excluding hydrogens is 244 g/mol. The molecule has 1 fully saturated rings. The summed E-state index contributed by atoms with van der Waals surface area (Å²) >= 11 is 0. The molecule has 2 nitrogen and oxygen atoms in total. The van der Waals surface area contributed by atoms with Gasteiger partial charge in [0.15, 0.2) is 0 Å². The fourth-order valence-electron chi connectivity index (χ4n) is 2.85.